The van der Waals surface area contributed by atoms with Gasteiger partial charge < -0.3 is 15.4 Å². The summed E-state index contributed by atoms with van der Waals surface area (Å²) in [4.78, 5) is 22.6. The number of para-hydroxylation sites is 1. The van der Waals surface area contributed by atoms with Gasteiger partial charge in [-0.3, -0.25) is 4.79 Å². The molecule has 96 valence electrons. The minimum Gasteiger partial charge on any atom is -0.464 e. The summed E-state index contributed by atoms with van der Waals surface area (Å²) < 4.78 is 18.0. The third-order valence-corrected chi connectivity index (χ3v) is 2.58. The molecular weight excluding hydrogens is 239 g/mol. The summed E-state index contributed by atoms with van der Waals surface area (Å²) in [7, 11) is 0. The maximum atomic E-state index is 13.2. The van der Waals surface area contributed by atoms with Gasteiger partial charge in [-0.25, -0.2) is 9.18 Å². The molecule has 1 aromatic carbocycles. The van der Waals surface area contributed by atoms with Crippen LogP contribution < -0.4 is 10.6 Å². The van der Waals surface area contributed by atoms with Gasteiger partial charge in [0.05, 0.1) is 18.8 Å². The summed E-state index contributed by atoms with van der Waals surface area (Å²) >= 11 is 0. The van der Waals surface area contributed by atoms with Crippen molar-refractivity contribution >= 4 is 17.6 Å². The first-order chi connectivity index (χ1) is 8.66. The molecule has 0 unspecified atom stereocenters. The van der Waals surface area contributed by atoms with Crippen molar-refractivity contribution < 1.29 is 18.7 Å². The number of anilines is 1. The Morgan fingerprint density at radius 3 is 2.89 bits per heavy atom. The molecule has 18 heavy (non-hydrogen) atoms. The lowest BCUT2D eigenvalue weighted by Gasteiger charge is -2.10. The molecule has 1 fully saturated rings. The number of hydrogen-bond donors (Lipinski definition) is 2. The van der Waals surface area contributed by atoms with Crippen LogP contribution >= 0.6 is 0 Å². The van der Waals surface area contributed by atoms with Crippen molar-refractivity contribution in [2.75, 3.05) is 18.5 Å². The molecular formula is C12H13FN2O3. The first-order valence-corrected chi connectivity index (χ1v) is 5.61. The highest BCUT2D eigenvalue weighted by atomic mass is 19.1. The van der Waals surface area contributed by atoms with Gasteiger partial charge >= 0.3 is 5.97 Å². The van der Waals surface area contributed by atoms with E-state index in [0.717, 1.165) is 0 Å². The standard InChI is InChI=1S/C12H13FN2O3/c13-8-3-1-2-4-9(8)14-7-11(16)15-10-5-6-18-12(10)17/h1-4,10,14H,5-7H2,(H,15,16)/t10-/m0/s1. The van der Waals surface area contributed by atoms with Gasteiger partial charge in [-0.1, -0.05) is 12.1 Å². The van der Waals surface area contributed by atoms with Crippen LogP contribution in [0.4, 0.5) is 10.1 Å². The van der Waals surface area contributed by atoms with Crippen LogP contribution in [0.1, 0.15) is 6.42 Å². The molecule has 5 nitrogen and oxygen atoms in total. The molecule has 1 saturated heterocycles. The van der Waals surface area contributed by atoms with Crippen molar-refractivity contribution in [2.45, 2.75) is 12.5 Å². The van der Waals surface area contributed by atoms with Gasteiger partial charge in [0.25, 0.3) is 0 Å². The van der Waals surface area contributed by atoms with Crippen LogP contribution in [0.3, 0.4) is 0 Å². The van der Waals surface area contributed by atoms with Crippen LogP contribution in [0.2, 0.25) is 0 Å². The molecule has 0 spiro atoms. The van der Waals surface area contributed by atoms with E-state index in [0.29, 0.717) is 13.0 Å². The predicted molar refractivity (Wildman–Crippen MR) is 62.4 cm³/mol. The van der Waals surface area contributed by atoms with Gasteiger partial charge in [0.15, 0.2) is 0 Å². The average Bonchev–Trinajstić information content (AvgIpc) is 2.74. The molecule has 1 aliphatic rings. The van der Waals surface area contributed by atoms with Crippen molar-refractivity contribution in [1.82, 2.24) is 5.32 Å². The molecule has 1 heterocycles. The van der Waals surface area contributed by atoms with Crippen LogP contribution in [0.15, 0.2) is 24.3 Å². The molecule has 1 amide bonds. The Morgan fingerprint density at radius 2 is 2.22 bits per heavy atom. The summed E-state index contributed by atoms with van der Waals surface area (Å²) in [6, 6.07) is 5.48. The number of nitrogens with one attached hydrogen (secondary N) is 2. The second kappa shape index (κ2) is 5.48. The van der Waals surface area contributed by atoms with Gasteiger partial charge in [0, 0.05) is 6.42 Å². The van der Waals surface area contributed by atoms with E-state index >= 15 is 0 Å². The average molecular weight is 252 g/mol. The lowest BCUT2D eigenvalue weighted by Crippen LogP contribution is -2.40. The Kier molecular flexibility index (Phi) is 3.76. The zero-order valence-corrected chi connectivity index (χ0v) is 9.61. The monoisotopic (exact) mass is 252 g/mol. The Bertz CT molecular complexity index is 464. The Hall–Kier alpha value is -2.11. The van der Waals surface area contributed by atoms with Gasteiger partial charge in [-0.2, -0.15) is 0 Å². The fourth-order valence-corrected chi connectivity index (χ4v) is 1.65. The normalized spacial score (nSPS) is 18.3. The van der Waals surface area contributed by atoms with Crippen LogP contribution in [-0.4, -0.2) is 31.1 Å². The number of cyclic esters (lactones) is 1. The minimum absolute atomic E-state index is 0.0925. The highest BCUT2D eigenvalue weighted by Crippen LogP contribution is 2.11. The van der Waals surface area contributed by atoms with Crippen molar-refractivity contribution in [1.29, 1.82) is 0 Å². The molecule has 0 saturated carbocycles. The maximum Gasteiger partial charge on any atom is 0.328 e. The van der Waals surface area contributed by atoms with Gasteiger partial charge in [0.1, 0.15) is 11.9 Å². The second-order valence-corrected chi connectivity index (χ2v) is 3.91. The second-order valence-electron chi connectivity index (χ2n) is 3.91. The topological polar surface area (TPSA) is 67.4 Å². The van der Waals surface area contributed by atoms with Crippen LogP contribution in [-0.2, 0) is 14.3 Å². The van der Waals surface area contributed by atoms with E-state index in [-0.39, 0.29) is 18.1 Å². The zero-order valence-electron chi connectivity index (χ0n) is 9.61. The van der Waals surface area contributed by atoms with Gasteiger partial charge in [0.2, 0.25) is 5.91 Å². The first kappa shape index (κ1) is 12.3. The van der Waals surface area contributed by atoms with Crippen molar-refractivity contribution in [3.63, 3.8) is 0 Å². The molecule has 0 aromatic heterocycles. The molecule has 1 aliphatic heterocycles. The van der Waals surface area contributed by atoms with E-state index < -0.39 is 17.8 Å². The summed E-state index contributed by atoms with van der Waals surface area (Å²) in [5, 5.41) is 5.18. The number of esters is 1. The fraction of sp³-hybridized carbons (Fsp3) is 0.333. The van der Waals surface area contributed by atoms with E-state index in [2.05, 4.69) is 10.6 Å². The highest BCUT2D eigenvalue weighted by molar-refractivity contribution is 5.87. The summed E-state index contributed by atoms with van der Waals surface area (Å²) in [5.74, 6) is -1.22. The third kappa shape index (κ3) is 2.97. The largest absolute Gasteiger partial charge is 0.464 e. The molecule has 0 radical (unpaired) electrons. The first-order valence-electron chi connectivity index (χ1n) is 5.61. The van der Waals surface area contributed by atoms with Crippen LogP contribution in [0.5, 0.6) is 0 Å². The number of halogens is 1. The molecule has 6 heteroatoms. The molecule has 0 aliphatic carbocycles. The van der Waals surface area contributed by atoms with E-state index in [9.17, 15) is 14.0 Å². The third-order valence-electron chi connectivity index (χ3n) is 2.58. The van der Waals surface area contributed by atoms with E-state index in [1.807, 2.05) is 0 Å². The summed E-state index contributed by atoms with van der Waals surface area (Å²) in [6.45, 7) is 0.231. The molecule has 1 aromatic rings. The van der Waals surface area contributed by atoms with Crippen molar-refractivity contribution in [3.05, 3.63) is 30.1 Å². The zero-order chi connectivity index (χ0) is 13.0. The molecule has 0 bridgehead atoms. The molecule has 1 atom stereocenters. The van der Waals surface area contributed by atoms with E-state index in [1.54, 1.807) is 12.1 Å². The lowest BCUT2D eigenvalue weighted by atomic mass is 10.2. The molecule has 2 rings (SSSR count). The maximum absolute atomic E-state index is 13.2. The smallest absolute Gasteiger partial charge is 0.328 e. The lowest BCUT2D eigenvalue weighted by molar-refractivity contribution is -0.141. The number of rotatable bonds is 4. The Morgan fingerprint density at radius 1 is 1.44 bits per heavy atom. The highest BCUT2D eigenvalue weighted by Gasteiger charge is 2.27. The van der Waals surface area contributed by atoms with Crippen molar-refractivity contribution in [2.24, 2.45) is 0 Å². The van der Waals surface area contributed by atoms with E-state index in [1.165, 1.54) is 12.1 Å². The van der Waals surface area contributed by atoms with E-state index in [4.69, 9.17) is 4.74 Å². The number of carbonyl (C=O) groups excluding carboxylic acids is 2. The number of amides is 1. The van der Waals surface area contributed by atoms with Gasteiger partial charge in [-0.05, 0) is 12.1 Å². The Balaban J connectivity index is 1.82. The molecule has 2 N–H and O–H groups in total. The summed E-state index contributed by atoms with van der Waals surface area (Å²) in [5.41, 5.74) is 0.252. The number of hydrogen-bond acceptors (Lipinski definition) is 4. The van der Waals surface area contributed by atoms with Crippen LogP contribution in [0, 0.1) is 5.82 Å². The quantitative estimate of drug-likeness (QED) is 0.773. The number of carbonyl (C=O) groups is 2. The number of benzene rings is 1. The fourth-order valence-electron chi connectivity index (χ4n) is 1.65. The van der Waals surface area contributed by atoms with Gasteiger partial charge in [-0.15, -0.1) is 0 Å². The summed E-state index contributed by atoms with van der Waals surface area (Å²) in [6.07, 6.45) is 0.476. The minimum atomic E-state index is -0.583. The predicted octanol–water partition coefficient (Wildman–Crippen LogP) is 0.669. The van der Waals surface area contributed by atoms with Crippen molar-refractivity contribution in [3.8, 4) is 0 Å². The van der Waals surface area contributed by atoms with Crippen LogP contribution in [0.25, 0.3) is 0 Å². The number of ether oxygens (including phenoxy) is 1. The SMILES string of the molecule is O=C(CNc1ccccc1F)N[C@H]1CCOC1=O. The Labute approximate surface area is 103 Å².